The Hall–Kier alpha value is -3.45. The van der Waals surface area contributed by atoms with Gasteiger partial charge in [-0.2, -0.15) is 0 Å². The van der Waals surface area contributed by atoms with Crippen molar-refractivity contribution in [2.24, 2.45) is 0 Å². The third-order valence-electron chi connectivity index (χ3n) is 4.53. The highest BCUT2D eigenvalue weighted by atomic mass is 16.5. The van der Waals surface area contributed by atoms with Crippen molar-refractivity contribution >= 4 is 17.4 Å². The molecule has 1 aromatic heterocycles. The summed E-state index contributed by atoms with van der Waals surface area (Å²) in [4.78, 5) is 12.2. The lowest BCUT2D eigenvalue weighted by atomic mass is 10.2. The van der Waals surface area contributed by atoms with Crippen LogP contribution in [0.3, 0.4) is 0 Å². The summed E-state index contributed by atoms with van der Waals surface area (Å²) in [5, 5.41) is 14.2. The molecule has 2 heterocycles. The van der Waals surface area contributed by atoms with Gasteiger partial charge in [-0.05, 0) is 49.2 Å². The monoisotopic (exact) mass is 390 g/mol. The minimum atomic E-state index is -0.257. The van der Waals surface area contributed by atoms with Gasteiger partial charge in [0, 0.05) is 13.2 Å². The Morgan fingerprint density at radius 3 is 2.62 bits per heavy atom. The fraction of sp³-hybridized carbons (Fsp3) is 0.227. The van der Waals surface area contributed by atoms with Crippen LogP contribution < -0.4 is 15.4 Å². The van der Waals surface area contributed by atoms with Crippen molar-refractivity contribution in [3.8, 4) is 11.5 Å². The molecule has 1 aliphatic heterocycles. The van der Waals surface area contributed by atoms with Crippen LogP contribution in [0, 0.1) is 0 Å². The Morgan fingerprint density at radius 2 is 1.86 bits per heavy atom. The van der Waals surface area contributed by atoms with E-state index >= 15 is 0 Å². The highest BCUT2D eigenvalue weighted by molar-refractivity contribution is 5.92. The van der Waals surface area contributed by atoms with Crippen molar-refractivity contribution in [2.45, 2.75) is 18.9 Å². The number of carbonyl (C=O) groups excluding carboxylic acids is 1. The van der Waals surface area contributed by atoms with Crippen molar-refractivity contribution < 1.29 is 14.3 Å². The van der Waals surface area contributed by atoms with Crippen LogP contribution in [0.1, 0.15) is 23.3 Å². The molecular formula is C22H22N4O3. The molecule has 0 aliphatic carbocycles. The minimum Gasteiger partial charge on any atom is -0.455 e. The van der Waals surface area contributed by atoms with Crippen molar-refractivity contribution in [3.63, 3.8) is 0 Å². The van der Waals surface area contributed by atoms with E-state index in [2.05, 4.69) is 20.8 Å². The highest BCUT2D eigenvalue weighted by Gasteiger charge is 2.17. The molecule has 148 valence electrons. The molecule has 7 nitrogen and oxygen atoms in total. The molecule has 4 rings (SSSR count). The van der Waals surface area contributed by atoms with Crippen LogP contribution in [0.25, 0.3) is 0 Å². The lowest BCUT2D eigenvalue weighted by molar-refractivity contribution is 0.0853. The second-order valence-corrected chi connectivity index (χ2v) is 6.69. The lowest BCUT2D eigenvalue weighted by Crippen LogP contribution is -2.32. The van der Waals surface area contributed by atoms with E-state index in [-0.39, 0.29) is 17.7 Å². The number of carbonyl (C=O) groups is 1. The van der Waals surface area contributed by atoms with Gasteiger partial charge in [0.05, 0.1) is 11.8 Å². The molecule has 1 saturated heterocycles. The van der Waals surface area contributed by atoms with Crippen LogP contribution >= 0.6 is 0 Å². The number of nitrogens with one attached hydrogen (secondary N) is 2. The Kier molecular flexibility index (Phi) is 5.97. The van der Waals surface area contributed by atoms with Gasteiger partial charge < -0.3 is 20.1 Å². The summed E-state index contributed by atoms with van der Waals surface area (Å²) in [5.41, 5.74) is 1.02. The molecular weight excluding hydrogens is 368 g/mol. The van der Waals surface area contributed by atoms with E-state index in [4.69, 9.17) is 9.47 Å². The van der Waals surface area contributed by atoms with E-state index in [1.165, 1.54) is 0 Å². The molecule has 0 saturated carbocycles. The van der Waals surface area contributed by atoms with E-state index in [1.54, 1.807) is 12.1 Å². The zero-order valence-electron chi connectivity index (χ0n) is 15.9. The summed E-state index contributed by atoms with van der Waals surface area (Å²) in [5.74, 6) is 1.67. The topological polar surface area (TPSA) is 85.4 Å². The predicted octanol–water partition coefficient (Wildman–Crippen LogP) is 3.92. The normalized spacial score (nSPS) is 15.7. The molecule has 1 amide bonds. The van der Waals surface area contributed by atoms with E-state index in [0.717, 1.165) is 30.9 Å². The van der Waals surface area contributed by atoms with E-state index in [9.17, 15) is 4.79 Å². The minimum absolute atomic E-state index is 0.0916. The summed E-state index contributed by atoms with van der Waals surface area (Å²) in [7, 11) is 0. The molecule has 29 heavy (non-hydrogen) atoms. The Bertz CT molecular complexity index is 942. The quantitative estimate of drug-likeness (QED) is 0.636. The van der Waals surface area contributed by atoms with Gasteiger partial charge >= 0.3 is 0 Å². The highest BCUT2D eigenvalue weighted by Crippen LogP contribution is 2.30. The number of hydrogen-bond acceptors (Lipinski definition) is 6. The van der Waals surface area contributed by atoms with Crippen LogP contribution in [0.15, 0.2) is 66.7 Å². The zero-order valence-corrected chi connectivity index (χ0v) is 15.9. The van der Waals surface area contributed by atoms with Crippen molar-refractivity contribution in [3.05, 3.63) is 72.4 Å². The molecule has 3 aromatic rings. The molecule has 1 aliphatic rings. The largest absolute Gasteiger partial charge is 0.455 e. The Labute approximate surface area is 169 Å². The summed E-state index contributed by atoms with van der Waals surface area (Å²) >= 11 is 0. The third-order valence-corrected chi connectivity index (χ3v) is 4.53. The van der Waals surface area contributed by atoms with E-state index in [0.29, 0.717) is 18.1 Å². The maximum Gasteiger partial charge on any atom is 0.271 e. The summed E-state index contributed by atoms with van der Waals surface area (Å²) in [6.45, 7) is 1.25. The van der Waals surface area contributed by atoms with Crippen LogP contribution in [0.2, 0.25) is 0 Å². The number of rotatable bonds is 7. The van der Waals surface area contributed by atoms with E-state index in [1.807, 2.05) is 54.6 Å². The van der Waals surface area contributed by atoms with Gasteiger partial charge in [0.15, 0.2) is 17.3 Å². The van der Waals surface area contributed by atoms with Crippen LogP contribution in [-0.4, -0.2) is 35.4 Å². The molecule has 2 aromatic carbocycles. The number of anilines is 2. The first-order chi connectivity index (χ1) is 14.3. The number of benzene rings is 2. The number of hydrogen-bond donors (Lipinski definition) is 2. The Balaban J connectivity index is 1.39. The van der Waals surface area contributed by atoms with Crippen LogP contribution in [0.5, 0.6) is 11.5 Å². The van der Waals surface area contributed by atoms with Gasteiger partial charge in [-0.1, -0.05) is 30.3 Å². The number of para-hydroxylation sites is 3. The van der Waals surface area contributed by atoms with Gasteiger partial charge in [-0.3, -0.25) is 4.79 Å². The van der Waals surface area contributed by atoms with Gasteiger partial charge in [0.1, 0.15) is 5.75 Å². The zero-order chi connectivity index (χ0) is 19.9. The van der Waals surface area contributed by atoms with Gasteiger partial charge in [-0.15, -0.1) is 10.2 Å². The average Bonchev–Trinajstić information content (AvgIpc) is 3.28. The molecule has 2 N–H and O–H groups in total. The van der Waals surface area contributed by atoms with Gasteiger partial charge in [0.2, 0.25) is 0 Å². The molecule has 1 atom stereocenters. The molecule has 0 radical (unpaired) electrons. The maximum absolute atomic E-state index is 12.2. The third kappa shape index (κ3) is 5.08. The first-order valence-electron chi connectivity index (χ1n) is 9.60. The number of ether oxygens (including phenoxy) is 2. The summed E-state index contributed by atoms with van der Waals surface area (Å²) in [6.07, 6.45) is 2.10. The van der Waals surface area contributed by atoms with Crippen molar-refractivity contribution in [1.82, 2.24) is 15.5 Å². The fourth-order valence-electron chi connectivity index (χ4n) is 3.03. The lowest BCUT2D eigenvalue weighted by Gasteiger charge is -2.12. The van der Waals surface area contributed by atoms with Crippen LogP contribution in [-0.2, 0) is 4.74 Å². The maximum atomic E-state index is 12.2. The molecule has 0 bridgehead atoms. The molecule has 1 unspecified atom stereocenters. The second-order valence-electron chi connectivity index (χ2n) is 6.69. The Morgan fingerprint density at radius 1 is 1.03 bits per heavy atom. The smallest absolute Gasteiger partial charge is 0.271 e. The van der Waals surface area contributed by atoms with Crippen molar-refractivity contribution in [1.29, 1.82) is 0 Å². The predicted molar refractivity (Wildman–Crippen MR) is 110 cm³/mol. The van der Waals surface area contributed by atoms with Gasteiger partial charge in [-0.25, -0.2) is 0 Å². The first kappa shape index (κ1) is 18.9. The standard InChI is InChI=1S/C22H22N4O3/c27-22(23-15-17-9-6-14-28-17)19-12-13-21(26-25-19)24-18-10-4-5-11-20(18)29-16-7-2-1-3-8-16/h1-5,7-8,10-13,17H,6,9,14-15H2,(H,23,27)(H,24,26). The molecule has 1 fully saturated rings. The number of aromatic nitrogens is 2. The molecule has 7 heteroatoms. The van der Waals surface area contributed by atoms with Crippen LogP contribution in [0.4, 0.5) is 11.5 Å². The fourth-order valence-corrected chi connectivity index (χ4v) is 3.03. The summed E-state index contributed by atoms with van der Waals surface area (Å²) < 4.78 is 11.4. The van der Waals surface area contributed by atoms with E-state index < -0.39 is 0 Å². The first-order valence-corrected chi connectivity index (χ1v) is 9.60. The SMILES string of the molecule is O=C(NCC1CCCO1)c1ccc(Nc2ccccc2Oc2ccccc2)nn1. The average molecular weight is 390 g/mol. The van der Waals surface area contributed by atoms with Crippen molar-refractivity contribution in [2.75, 3.05) is 18.5 Å². The molecule has 0 spiro atoms. The number of amides is 1. The van der Waals surface area contributed by atoms with Gasteiger partial charge in [0.25, 0.3) is 5.91 Å². The number of nitrogens with zero attached hydrogens (tertiary/aromatic N) is 2. The summed E-state index contributed by atoms with van der Waals surface area (Å²) in [6, 6.07) is 20.5. The second kappa shape index (κ2) is 9.16.